The normalized spacial score (nSPS) is 27.2. The Hall–Kier alpha value is 0.270. The van der Waals surface area contributed by atoms with Crippen LogP contribution in [0.25, 0.3) is 0 Å². The molecule has 0 aliphatic carbocycles. The highest BCUT2D eigenvalue weighted by molar-refractivity contribution is 8.00. The highest BCUT2D eigenvalue weighted by Gasteiger charge is 2.24. The van der Waals surface area contributed by atoms with Crippen LogP contribution in [0.15, 0.2) is 0 Å². The first kappa shape index (κ1) is 14.3. The van der Waals surface area contributed by atoms with Gasteiger partial charge in [-0.25, -0.2) is 0 Å². The summed E-state index contributed by atoms with van der Waals surface area (Å²) in [6.45, 7) is 11.8. The molecule has 1 N–H and O–H groups in total. The second-order valence-corrected chi connectivity index (χ2v) is 6.25. The first-order chi connectivity index (χ1) is 7.75. The van der Waals surface area contributed by atoms with E-state index in [-0.39, 0.29) is 0 Å². The van der Waals surface area contributed by atoms with Crippen molar-refractivity contribution in [2.45, 2.75) is 51.3 Å². The Bertz CT molecular complexity index is 175. The third kappa shape index (κ3) is 5.07. The molecule has 0 radical (unpaired) electrons. The molecule has 3 heteroatoms. The van der Waals surface area contributed by atoms with Crippen LogP contribution in [0.5, 0.6) is 0 Å². The summed E-state index contributed by atoms with van der Waals surface area (Å²) in [5, 5.41) is 4.20. The summed E-state index contributed by atoms with van der Waals surface area (Å²) in [6, 6.07) is 0.771. The average molecular weight is 244 g/mol. The van der Waals surface area contributed by atoms with E-state index in [4.69, 9.17) is 0 Å². The molecule has 2 atom stereocenters. The van der Waals surface area contributed by atoms with E-state index in [2.05, 4.69) is 42.7 Å². The molecule has 0 aromatic heterocycles. The summed E-state index contributed by atoms with van der Waals surface area (Å²) in [5.74, 6) is 1.32. The summed E-state index contributed by atoms with van der Waals surface area (Å²) in [5.41, 5.74) is 0. The third-order valence-corrected chi connectivity index (χ3v) is 4.90. The van der Waals surface area contributed by atoms with Crippen LogP contribution in [0.4, 0.5) is 0 Å². The fourth-order valence-electron chi connectivity index (χ4n) is 2.23. The summed E-state index contributed by atoms with van der Waals surface area (Å²) >= 11 is 2.13. The van der Waals surface area contributed by atoms with E-state index in [1.807, 2.05) is 0 Å². The number of hydrogen-bond acceptors (Lipinski definition) is 3. The van der Waals surface area contributed by atoms with Gasteiger partial charge in [0.1, 0.15) is 0 Å². The molecule has 96 valence electrons. The van der Waals surface area contributed by atoms with E-state index < -0.39 is 0 Å². The van der Waals surface area contributed by atoms with E-state index in [0.29, 0.717) is 0 Å². The van der Waals surface area contributed by atoms with Crippen molar-refractivity contribution < 1.29 is 0 Å². The van der Waals surface area contributed by atoms with Gasteiger partial charge in [0.2, 0.25) is 0 Å². The van der Waals surface area contributed by atoms with Gasteiger partial charge in [-0.15, -0.1) is 0 Å². The zero-order valence-electron chi connectivity index (χ0n) is 11.2. The lowest BCUT2D eigenvalue weighted by Crippen LogP contribution is -2.44. The van der Waals surface area contributed by atoms with Gasteiger partial charge in [0.25, 0.3) is 0 Å². The summed E-state index contributed by atoms with van der Waals surface area (Å²) < 4.78 is 0. The molecule has 1 rings (SSSR count). The van der Waals surface area contributed by atoms with Gasteiger partial charge >= 0.3 is 0 Å². The van der Waals surface area contributed by atoms with E-state index >= 15 is 0 Å². The van der Waals surface area contributed by atoms with Crippen molar-refractivity contribution in [3.8, 4) is 0 Å². The maximum absolute atomic E-state index is 3.39. The molecular formula is C13H28N2S. The van der Waals surface area contributed by atoms with Gasteiger partial charge in [0.05, 0.1) is 0 Å². The van der Waals surface area contributed by atoms with Crippen LogP contribution in [-0.4, -0.2) is 48.1 Å². The van der Waals surface area contributed by atoms with Crippen LogP contribution in [0, 0.1) is 0 Å². The molecule has 0 bridgehead atoms. The molecule has 1 saturated heterocycles. The number of rotatable bonds is 7. The quantitative estimate of drug-likeness (QED) is 0.693. The lowest BCUT2D eigenvalue weighted by atomic mass is 10.1. The SMILES string of the molecule is CCNCCCCCN1CCSC(C)C1C. The molecule has 1 aliphatic heterocycles. The van der Waals surface area contributed by atoms with Crippen molar-refractivity contribution >= 4 is 11.8 Å². The van der Waals surface area contributed by atoms with Crippen molar-refractivity contribution in [2.75, 3.05) is 31.9 Å². The smallest absolute Gasteiger partial charge is 0.0184 e. The van der Waals surface area contributed by atoms with Crippen molar-refractivity contribution in [3.63, 3.8) is 0 Å². The summed E-state index contributed by atoms with van der Waals surface area (Å²) in [4.78, 5) is 2.68. The molecule has 0 aromatic carbocycles. The minimum Gasteiger partial charge on any atom is -0.317 e. The third-order valence-electron chi connectivity index (χ3n) is 3.56. The van der Waals surface area contributed by atoms with Crippen LogP contribution in [0.1, 0.15) is 40.0 Å². The number of hydrogen-bond donors (Lipinski definition) is 1. The molecule has 1 fully saturated rings. The summed E-state index contributed by atoms with van der Waals surface area (Å²) in [6.07, 6.45) is 4.07. The molecule has 1 heterocycles. The van der Waals surface area contributed by atoms with Gasteiger partial charge in [0, 0.05) is 23.6 Å². The van der Waals surface area contributed by atoms with E-state index in [1.165, 1.54) is 44.6 Å². The van der Waals surface area contributed by atoms with Crippen LogP contribution in [0.2, 0.25) is 0 Å². The summed E-state index contributed by atoms with van der Waals surface area (Å²) in [7, 11) is 0. The van der Waals surface area contributed by atoms with Crippen molar-refractivity contribution in [3.05, 3.63) is 0 Å². The number of nitrogens with one attached hydrogen (secondary N) is 1. The highest BCUT2D eigenvalue weighted by atomic mass is 32.2. The van der Waals surface area contributed by atoms with Crippen LogP contribution in [0.3, 0.4) is 0 Å². The van der Waals surface area contributed by atoms with Crippen LogP contribution < -0.4 is 5.32 Å². The Kier molecular flexibility index (Phi) is 7.50. The molecule has 1 aliphatic rings. The van der Waals surface area contributed by atoms with Crippen molar-refractivity contribution in [1.29, 1.82) is 0 Å². The highest BCUT2D eigenvalue weighted by Crippen LogP contribution is 2.24. The molecule has 0 aromatic rings. The van der Waals surface area contributed by atoms with Gasteiger partial charge in [-0.2, -0.15) is 11.8 Å². The van der Waals surface area contributed by atoms with Crippen LogP contribution >= 0.6 is 11.8 Å². The molecular weight excluding hydrogens is 216 g/mol. The minimum atomic E-state index is 0.771. The predicted octanol–water partition coefficient (Wildman–Crippen LogP) is 2.59. The molecule has 2 nitrogen and oxygen atoms in total. The van der Waals surface area contributed by atoms with Gasteiger partial charge in [-0.05, 0) is 39.4 Å². The van der Waals surface area contributed by atoms with E-state index in [1.54, 1.807) is 0 Å². The Morgan fingerprint density at radius 2 is 2.06 bits per heavy atom. The fraction of sp³-hybridized carbons (Fsp3) is 1.00. The Morgan fingerprint density at radius 1 is 1.25 bits per heavy atom. The number of unbranched alkanes of at least 4 members (excludes halogenated alkanes) is 2. The first-order valence-electron chi connectivity index (χ1n) is 6.82. The Morgan fingerprint density at radius 3 is 2.81 bits per heavy atom. The maximum Gasteiger partial charge on any atom is 0.0184 e. The maximum atomic E-state index is 3.39. The topological polar surface area (TPSA) is 15.3 Å². The van der Waals surface area contributed by atoms with Gasteiger partial charge < -0.3 is 5.32 Å². The number of thioether (sulfide) groups is 1. The zero-order valence-corrected chi connectivity index (χ0v) is 12.0. The Balaban J connectivity index is 2.03. The molecule has 0 saturated carbocycles. The lowest BCUT2D eigenvalue weighted by molar-refractivity contribution is 0.208. The van der Waals surface area contributed by atoms with Crippen LogP contribution in [-0.2, 0) is 0 Å². The van der Waals surface area contributed by atoms with Crippen molar-refractivity contribution in [1.82, 2.24) is 10.2 Å². The second kappa shape index (κ2) is 8.37. The lowest BCUT2D eigenvalue weighted by Gasteiger charge is -2.37. The van der Waals surface area contributed by atoms with E-state index in [0.717, 1.165) is 17.8 Å². The molecule has 0 amide bonds. The van der Waals surface area contributed by atoms with Gasteiger partial charge in [-0.1, -0.05) is 20.3 Å². The first-order valence-corrected chi connectivity index (χ1v) is 7.87. The standard InChI is InChI=1S/C13H28N2S/c1-4-14-8-6-5-7-9-15-10-11-16-13(3)12(15)2/h12-14H,4-11H2,1-3H3. The molecule has 0 spiro atoms. The minimum absolute atomic E-state index is 0.771. The predicted molar refractivity (Wildman–Crippen MR) is 75.3 cm³/mol. The van der Waals surface area contributed by atoms with Gasteiger partial charge in [0.15, 0.2) is 0 Å². The second-order valence-electron chi connectivity index (χ2n) is 4.77. The average Bonchev–Trinajstić information content (AvgIpc) is 2.29. The Labute approximate surface area is 106 Å². The zero-order chi connectivity index (χ0) is 11.8. The van der Waals surface area contributed by atoms with Crippen molar-refractivity contribution in [2.24, 2.45) is 0 Å². The van der Waals surface area contributed by atoms with Gasteiger partial charge in [-0.3, -0.25) is 4.90 Å². The fourth-order valence-corrected chi connectivity index (χ4v) is 3.39. The van der Waals surface area contributed by atoms with E-state index in [9.17, 15) is 0 Å². The monoisotopic (exact) mass is 244 g/mol. The molecule has 2 unspecified atom stereocenters. The molecule has 16 heavy (non-hydrogen) atoms. The number of nitrogens with zero attached hydrogens (tertiary/aromatic N) is 1. The largest absolute Gasteiger partial charge is 0.317 e.